The molecule has 0 unspecified atom stereocenters. The third kappa shape index (κ3) is 12.9. The second kappa shape index (κ2) is 26.3. The lowest BCUT2D eigenvalue weighted by Crippen LogP contribution is -2.10. The number of non-ortho nitro benzene ring substituents is 1. The Morgan fingerprint density at radius 1 is 0.275 bits per heavy atom. The van der Waals surface area contributed by atoms with Crippen LogP contribution in [0.25, 0.3) is 66.1 Å². The van der Waals surface area contributed by atoms with E-state index in [2.05, 4.69) is 288 Å². The minimum absolute atomic E-state index is 0.0749. The Balaban J connectivity index is 0.000000167. The molecule has 0 N–H and O–H groups in total. The number of nitrogens with zero attached hydrogens (tertiary/aromatic N) is 6. The zero-order valence-electron chi connectivity index (χ0n) is 50.3. The lowest BCUT2D eigenvalue weighted by molar-refractivity contribution is -0.384. The number of hydrogen-bond donors (Lipinski definition) is 0. The van der Waals surface area contributed by atoms with Gasteiger partial charge in [0.1, 0.15) is 0 Å². The lowest BCUT2D eigenvalue weighted by atomic mass is 10.0. The van der Waals surface area contributed by atoms with Crippen LogP contribution in [0.15, 0.2) is 340 Å². The molecule has 0 radical (unpaired) electrons. The van der Waals surface area contributed by atoms with E-state index in [0.29, 0.717) is 5.56 Å². The van der Waals surface area contributed by atoms with Crippen molar-refractivity contribution in [3.63, 3.8) is 0 Å². The van der Waals surface area contributed by atoms with Crippen molar-refractivity contribution in [1.29, 1.82) is 5.26 Å². The van der Waals surface area contributed by atoms with Gasteiger partial charge in [0.05, 0.1) is 16.6 Å². The van der Waals surface area contributed by atoms with Crippen molar-refractivity contribution in [3.05, 3.63) is 355 Å². The van der Waals surface area contributed by atoms with Crippen LogP contribution in [0.3, 0.4) is 0 Å². The summed E-state index contributed by atoms with van der Waals surface area (Å²) in [5.74, 6) is 0. The van der Waals surface area contributed by atoms with Gasteiger partial charge in [-0.2, -0.15) is 5.26 Å². The average Bonchev–Trinajstić information content (AvgIpc) is 2.18. The maximum atomic E-state index is 11.2. The smallest absolute Gasteiger partial charge is 0.271 e. The summed E-state index contributed by atoms with van der Waals surface area (Å²) in [4.78, 5) is 19.6. The summed E-state index contributed by atoms with van der Waals surface area (Å²) >= 11 is 0. The van der Waals surface area contributed by atoms with Crippen molar-refractivity contribution in [2.75, 3.05) is 33.7 Å². The van der Waals surface area contributed by atoms with Crippen LogP contribution < -0.4 is 19.6 Å². The maximum absolute atomic E-state index is 11.2. The summed E-state index contributed by atoms with van der Waals surface area (Å²) in [6, 6.07) is 119. The average molecular weight is 1180 g/mol. The first-order chi connectivity index (χ1) is 44.7. The minimum atomic E-state index is -0.370. The summed E-state index contributed by atoms with van der Waals surface area (Å²) < 4.78 is 0. The molecule has 0 heterocycles. The van der Waals surface area contributed by atoms with Crippen molar-refractivity contribution >= 4 is 84.1 Å². The molecule has 0 saturated carbocycles. The Bertz CT molecular complexity index is 4840. The fourth-order valence-electron chi connectivity index (χ4n) is 11.6. The van der Waals surface area contributed by atoms with Crippen LogP contribution in [0.5, 0.6) is 0 Å². The summed E-state index contributed by atoms with van der Waals surface area (Å²) in [6.07, 6.45) is 0. The van der Waals surface area contributed by atoms with Crippen molar-refractivity contribution < 1.29 is 4.92 Å². The highest BCUT2D eigenvalue weighted by molar-refractivity contribution is 5.92. The minimum Gasteiger partial charge on any atom is -0.345 e. The molecule has 14 rings (SSSR count). The van der Waals surface area contributed by atoms with E-state index in [9.17, 15) is 10.1 Å². The van der Waals surface area contributed by atoms with Gasteiger partial charge in [0.25, 0.3) is 5.69 Å². The molecule has 0 amide bonds. The largest absolute Gasteiger partial charge is 0.345 e. The number of nitriles is 1. The van der Waals surface area contributed by atoms with Crippen molar-refractivity contribution in [3.8, 4) is 50.6 Å². The van der Waals surface area contributed by atoms with Crippen molar-refractivity contribution in [1.82, 2.24) is 0 Å². The van der Waals surface area contributed by atoms with Crippen LogP contribution in [0.4, 0.5) is 62.6 Å². The van der Waals surface area contributed by atoms with E-state index in [1.54, 1.807) is 12.1 Å². The Morgan fingerprint density at radius 3 is 0.901 bits per heavy atom. The van der Waals surface area contributed by atoms with Gasteiger partial charge in [0.15, 0.2) is 0 Å². The Morgan fingerprint density at radius 2 is 0.560 bits per heavy atom. The normalized spacial score (nSPS) is 10.8. The zero-order chi connectivity index (χ0) is 62.0. The second-order valence-electron chi connectivity index (χ2n) is 22.3. The van der Waals surface area contributed by atoms with E-state index < -0.39 is 0 Å². The first kappa shape index (κ1) is 57.7. The third-order valence-corrected chi connectivity index (χ3v) is 16.7. The van der Waals surface area contributed by atoms with E-state index in [1.165, 1.54) is 49.9 Å². The van der Waals surface area contributed by atoms with Gasteiger partial charge in [-0.1, -0.05) is 200 Å². The molecule has 0 spiro atoms. The first-order valence-corrected chi connectivity index (χ1v) is 30.2. The number of anilines is 10. The molecule has 8 heteroatoms. The van der Waals surface area contributed by atoms with E-state index >= 15 is 0 Å². The highest BCUT2D eigenvalue weighted by Crippen LogP contribution is 2.41. The molecule has 0 atom stereocenters. The van der Waals surface area contributed by atoms with Gasteiger partial charge in [-0.15, -0.1) is 0 Å². The standard InChI is InChI=1S/C42H31N3.C41H31N3O2/c1-44(38-20-11-31(30-43)12-21-38)39-22-13-35(14-23-39)36-17-26-41(27-18-36)45(42-28-19-33-9-5-6-10-37(33)29-42)40-24-15-34(16-25-40)32-7-3-2-4-8-32;1-42(39-12-7-13-41(29-39)44(45)46)36-21-14-33(15-22-36)34-18-25-38(26-19-34)43(40-27-20-31-10-5-6-11-35(31)28-40)37-23-16-32(17-24-37)30-8-3-2-4-9-30/h2-29H,1H3;2-29H,1H3. The van der Waals surface area contributed by atoms with Gasteiger partial charge in [0, 0.05) is 83.1 Å². The molecule has 0 aliphatic carbocycles. The van der Waals surface area contributed by atoms with Crippen LogP contribution in [-0.4, -0.2) is 19.0 Å². The van der Waals surface area contributed by atoms with Gasteiger partial charge in [-0.3, -0.25) is 10.1 Å². The summed E-state index contributed by atoms with van der Waals surface area (Å²) in [5, 5.41) is 25.2. The molecule has 0 bridgehead atoms. The molecular formula is C83H62N6O2. The molecule has 436 valence electrons. The predicted octanol–water partition coefficient (Wildman–Crippen LogP) is 22.6. The fraction of sp³-hybridized carbons (Fsp3) is 0.0241. The number of hydrogen-bond acceptors (Lipinski definition) is 7. The molecule has 0 aromatic heterocycles. The lowest BCUT2D eigenvalue weighted by Gasteiger charge is -2.26. The van der Waals surface area contributed by atoms with Gasteiger partial charge in [0.2, 0.25) is 0 Å². The number of rotatable bonds is 15. The van der Waals surface area contributed by atoms with E-state index in [-0.39, 0.29) is 10.6 Å². The monoisotopic (exact) mass is 1170 g/mol. The van der Waals surface area contributed by atoms with E-state index in [0.717, 1.165) is 79.1 Å². The number of fused-ring (bicyclic) bond motifs is 2. The van der Waals surface area contributed by atoms with Crippen LogP contribution in [0.2, 0.25) is 0 Å². The Labute approximate surface area is 531 Å². The SMILES string of the molecule is CN(c1ccc(-c2ccc(N(c3ccc(-c4ccccc4)cc3)c3ccc4ccccc4c3)cc2)cc1)c1cccc([N+](=O)[O-])c1.CN(c1ccc(C#N)cc1)c1ccc(-c2ccc(N(c3ccc(-c4ccccc4)cc3)c3ccc4ccccc4c3)cc2)cc1. The molecule has 0 aliphatic rings. The number of nitro benzene ring substituents is 1. The molecule has 14 aromatic carbocycles. The first-order valence-electron chi connectivity index (χ1n) is 30.2. The van der Waals surface area contributed by atoms with Crippen LogP contribution in [0, 0.1) is 21.4 Å². The molecule has 0 fully saturated rings. The summed E-state index contributed by atoms with van der Waals surface area (Å²) in [6.45, 7) is 0. The highest BCUT2D eigenvalue weighted by atomic mass is 16.6. The van der Waals surface area contributed by atoms with E-state index in [4.69, 9.17) is 5.26 Å². The third-order valence-electron chi connectivity index (χ3n) is 16.7. The molecule has 14 aromatic rings. The predicted molar refractivity (Wildman–Crippen MR) is 379 cm³/mol. The van der Waals surface area contributed by atoms with Gasteiger partial charge < -0.3 is 19.6 Å². The Hall–Kier alpha value is -12.3. The maximum Gasteiger partial charge on any atom is 0.271 e. The quantitative estimate of drug-likeness (QED) is 0.0747. The van der Waals surface area contributed by atoms with Crippen LogP contribution >= 0.6 is 0 Å². The number of nitro groups is 1. The van der Waals surface area contributed by atoms with Crippen molar-refractivity contribution in [2.24, 2.45) is 0 Å². The Kier molecular flexibility index (Phi) is 16.7. The highest BCUT2D eigenvalue weighted by Gasteiger charge is 2.18. The second-order valence-corrected chi connectivity index (χ2v) is 22.3. The molecule has 8 nitrogen and oxygen atoms in total. The molecular weight excluding hydrogens is 1110 g/mol. The summed E-state index contributed by atoms with van der Waals surface area (Å²) in [7, 11) is 3.95. The summed E-state index contributed by atoms with van der Waals surface area (Å²) in [5.41, 5.74) is 20.4. The topological polar surface area (TPSA) is 79.9 Å². The van der Waals surface area contributed by atoms with Crippen molar-refractivity contribution in [2.45, 2.75) is 0 Å². The van der Waals surface area contributed by atoms with Gasteiger partial charge in [-0.05, 0) is 193 Å². The van der Waals surface area contributed by atoms with Gasteiger partial charge in [-0.25, -0.2) is 0 Å². The molecule has 0 aliphatic heterocycles. The van der Waals surface area contributed by atoms with Crippen LogP contribution in [-0.2, 0) is 0 Å². The molecule has 0 saturated heterocycles. The van der Waals surface area contributed by atoms with Gasteiger partial charge >= 0.3 is 0 Å². The van der Waals surface area contributed by atoms with E-state index in [1.807, 2.05) is 73.6 Å². The fourth-order valence-corrected chi connectivity index (χ4v) is 11.6. The molecule has 91 heavy (non-hydrogen) atoms. The number of benzene rings is 14. The van der Waals surface area contributed by atoms with Crippen LogP contribution in [0.1, 0.15) is 5.56 Å². The zero-order valence-corrected chi connectivity index (χ0v) is 50.3.